The third-order valence-corrected chi connectivity index (χ3v) is 5.16. The topological polar surface area (TPSA) is 26.3 Å². The smallest absolute Gasteiger partial charge is 0.133 e. The van der Waals surface area contributed by atoms with Gasteiger partial charge in [-0.3, -0.25) is 4.79 Å². The van der Waals surface area contributed by atoms with Crippen molar-refractivity contribution in [3.63, 3.8) is 0 Å². The van der Waals surface area contributed by atoms with Crippen molar-refractivity contribution in [2.24, 2.45) is 11.3 Å². The van der Waals surface area contributed by atoms with Crippen molar-refractivity contribution >= 4 is 5.78 Å². The van der Waals surface area contributed by atoms with E-state index in [1.165, 1.54) is 51.4 Å². The molecule has 2 heteroatoms. The summed E-state index contributed by atoms with van der Waals surface area (Å²) in [4.78, 5) is 12.2. The molecule has 1 aliphatic carbocycles. The van der Waals surface area contributed by atoms with Crippen LogP contribution < -0.4 is 0 Å². The molecule has 1 heterocycles. The standard InChI is InChI=1S/C17H30O2/c1-2-3-4-5-6-10-16(18)12-17-11-8-7-9-15(17)13-19-14-17/h15H,2-14H2,1H3. The second-order valence-electron chi connectivity index (χ2n) is 6.70. The Bertz CT molecular complexity index is 287. The SMILES string of the molecule is CCCCCCCC(=O)CC12CCCCC1COC2. The van der Waals surface area contributed by atoms with Gasteiger partial charge < -0.3 is 4.74 Å². The minimum atomic E-state index is 0.235. The Morgan fingerprint density at radius 2 is 2.05 bits per heavy atom. The van der Waals surface area contributed by atoms with Crippen LogP contribution in [-0.2, 0) is 9.53 Å². The van der Waals surface area contributed by atoms with E-state index in [0.29, 0.717) is 11.7 Å². The quantitative estimate of drug-likeness (QED) is 0.604. The molecule has 0 aromatic carbocycles. The highest BCUT2D eigenvalue weighted by atomic mass is 16.5. The molecule has 1 saturated carbocycles. The minimum Gasteiger partial charge on any atom is -0.381 e. The Kier molecular flexibility index (Phi) is 5.87. The van der Waals surface area contributed by atoms with Gasteiger partial charge in [0.05, 0.1) is 13.2 Å². The van der Waals surface area contributed by atoms with Crippen molar-refractivity contribution in [1.29, 1.82) is 0 Å². The second-order valence-corrected chi connectivity index (χ2v) is 6.70. The number of Topliss-reactive ketones (excluding diaryl/α,β-unsaturated/α-hetero) is 1. The molecule has 0 aromatic heterocycles. The van der Waals surface area contributed by atoms with Crippen LogP contribution >= 0.6 is 0 Å². The number of carbonyl (C=O) groups is 1. The Hall–Kier alpha value is -0.370. The summed E-state index contributed by atoms with van der Waals surface area (Å²) in [7, 11) is 0. The highest BCUT2D eigenvalue weighted by Crippen LogP contribution is 2.48. The zero-order valence-corrected chi connectivity index (χ0v) is 12.6. The van der Waals surface area contributed by atoms with E-state index in [-0.39, 0.29) is 5.41 Å². The van der Waals surface area contributed by atoms with Crippen molar-refractivity contribution in [3.8, 4) is 0 Å². The van der Waals surface area contributed by atoms with Gasteiger partial charge in [0.25, 0.3) is 0 Å². The fourth-order valence-electron chi connectivity index (χ4n) is 3.92. The molecule has 2 nitrogen and oxygen atoms in total. The second kappa shape index (κ2) is 7.42. The number of hydrogen-bond donors (Lipinski definition) is 0. The lowest BCUT2D eigenvalue weighted by Gasteiger charge is -2.37. The van der Waals surface area contributed by atoms with Crippen LogP contribution in [0.4, 0.5) is 0 Å². The van der Waals surface area contributed by atoms with E-state index >= 15 is 0 Å². The molecule has 2 unspecified atom stereocenters. The summed E-state index contributed by atoms with van der Waals surface area (Å²) in [6.07, 6.45) is 12.9. The van der Waals surface area contributed by atoms with E-state index in [4.69, 9.17) is 4.74 Å². The Balaban J connectivity index is 1.71. The van der Waals surface area contributed by atoms with Gasteiger partial charge in [0.1, 0.15) is 5.78 Å². The number of ketones is 1. The van der Waals surface area contributed by atoms with Gasteiger partial charge in [-0.1, -0.05) is 45.4 Å². The lowest BCUT2D eigenvalue weighted by Crippen LogP contribution is -2.35. The molecule has 0 bridgehead atoms. The van der Waals surface area contributed by atoms with Crippen LogP contribution in [-0.4, -0.2) is 19.0 Å². The molecule has 0 amide bonds. The van der Waals surface area contributed by atoms with Crippen molar-refractivity contribution in [2.45, 2.75) is 77.6 Å². The summed E-state index contributed by atoms with van der Waals surface area (Å²) < 4.78 is 5.70. The van der Waals surface area contributed by atoms with Crippen LogP contribution in [0.5, 0.6) is 0 Å². The van der Waals surface area contributed by atoms with Crippen molar-refractivity contribution in [2.75, 3.05) is 13.2 Å². The van der Waals surface area contributed by atoms with Gasteiger partial charge in [0, 0.05) is 18.3 Å². The van der Waals surface area contributed by atoms with Crippen LogP contribution in [0.15, 0.2) is 0 Å². The van der Waals surface area contributed by atoms with Gasteiger partial charge in [0.15, 0.2) is 0 Å². The molecule has 0 spiro atoms. The van der Waals surface area contributed by atoms with Gasteiger partial charge in [-0.15, -0.1) is 0 Å². The van der Waals surface area contributed by atoms with Gasteiger partial charge in [-0.2, -0.15) is 0 Å². The van der Waals surface area contributed by atoms with Gasteiger partial charge >= 0.3 is 0 Å². The largest absolute Gasteiger partial charge is 0.381 e. The maximum absolute atomic E-state index is 12.2. The summed E-state index contributed by atoms with van der Waals surface area (Å²) in [5.41, 5.74) is 0.235. The molecule has 110 valence electrons. The number of fused-ring (bicyclic) bond motifs is 1. The molecule has 19 heavy (non-hydrogen) atoms. The van der Waals surface area contributed by atoms with E-state index in [0.717, 1.165) is 32.5 Å². The summed E-state index contributed by atoms with van der Waals surface area (Å²) in [6.45, 7) is 3.98. The van der Waals surface area contributed by atoms with Crippen molar-refractivity contribution in [1.82, 2.24) is 0 Å². The first-order chi connectivity index (χ1) is 9.27. The van der Waals surface area contributed by atoms with Crippen LogP contribution in [0, 0.1) is 11.3 Å². The van der Waals surface area contributed by atoms with Gasteiger partial charge in [-0.25, -0.2) is 0 Å². The predicted molar refractivity (Wildman–Crippen MR) is 78.2 cm³/mol. The van der Waals surface area contributed by atoms with Crippen LogP contribution in [0.2, 0.25) is 0 Å². The molecule has 0 N–H and O–H groups in total. The molecule has 0 radical (unpaired) electrons. The molecule has 0 aromatic rings. The van der Waals surface area contributed by atoms with E-state index < -0.39 is 0 Å². The van der Waals surface area contributed by atoms with E-state index in [9.17, 15) is 4.79 Å². The highest BCUT2D eigenvalue weighted by Gasteiger charge is 2.46. The molecule has 2 atom stereocenters. The number of rotatable bonds is 8. The van der Waals surface area contributed by atoms with Crippen LogP contribution in [0.1, 0.15) is 77.6 Å². The van der Waals surface area contributed by atoms with E-state index in [2.05, 4.69) is 6.92 Å². The molecule has 2 fully saturated rings. The number of carbonyl (C=O) groups excluding carboxylic acids is 1. The summed E-state index contributed by atoms with van der Waals surface area (Å²) in [6, 6.07) is 0. The van der Waals surface area contributed by atoms with E-state index in [1.807, 2.05) is 0 Å². The fourth-order valence-corrected chi connectivity index (χ4v) is 3.92. The third kappa shape index (κ3) is 4.05. The number of unbranched alkanes of at least 4 members (excludes halogenated alkanes) is 4. The van der Waals surface area contributed by atoms with Crippen LogP contribution in [0.3, 0.4) is 0 Å². The first kappa shape index (κ1) is 15.0. The van der Waals surface area contributed by atoms with E-state index in [1.54, 1.807) is 0 Å². The minimum absolute atomic E-state index is 0.235. The molecule has 1 saturated heterocycles. The summed E-state index contributed by atoms with van der Waals surface area (Å²) in [5, 5.41) is 0. The zero-order chi connectivity index (χ0) is 13.6. The number of ether oxygens (including phenoxy) is 1. The lowest BCUT2D eigenvalue weighted by molar-refractivity contribution is -0.122. The summed E-state index contributed by atoms with van der Waals surface area (Å²) in [5.74, 6) is 1.17. The van der Waals surface area contributed by atoms with Gasteiger partial charge in [-0.05, 0) is 25.2 Å². The van der Waals surface area contributed by atoms with Crippen molar-refractivity contribution < 1.29 is 9.53 Å². The average Bonchev–Trinajstić information content (AvgIpc) is 2.81. The molecular weight excluding hydrogens is 236 g/mol. The Labute approximate surface area is 118 Å². The molecule has 2 rings (SSSR count). The first-order valence-electron chi connectivity index (χ1n) is 8.36. The number of hydrogen-bond acceptors (Lipinski definition) is 2. The molecule has 2 aliphatic rings. The highest BCUT2D eigenvalue weighted by molar-refractivity contribution is 5.79. The zero-order valence-electron chi connectivity index (χ0n) is 12.6. The fraction of sp³-hybridized carbons (Fsp3) is 0.941. The Morgan fingerprint density at radius 1 is 1.21 bits per heavy atom. The van der Waals surface area contributed by atoms with Gasteiger partial charge in [0.2, 0.25) is 0 Å². The Morgan fingerprint density at radius 3 is 2.89 bits per heavy atom. The summed E-state index contributed by atoms with van der Waals surface area (Å²) >= 11 is 0. The van der Waals surface area contributed by atoms with Crippen molar-refractivity contribution in [3.05, 3.63) is 0 Å². The molecular formula is C17H30O2. The molecule has 1 aliphatic heterocycles. The maximum atomic E-state index is 12.2. The third-order valence-electron chi connectivity index (χ3n) is 5.16. The maximum Gasteiger partial charge on any atom is 0.133 e. The normalized spacial score (nSPS) is 30.3. The predicted octanol–water partition coefficient (Wildman–Crippen LogP) is 4.51. The first-order valence-corrected chi connectivity index (χ1v) is 8.36. The van der Waals surface area contributed by atoms with Crippen LogP contribution in [0.25, 0.3) is 0 Å². The monoisotopic (exact) mass is 266 g/mol. The lowest BCUT2D eigenvalue weighted by atomic mass is 9.65. The average molecular weight is 266 g/mol.